The van der Waals surface area contributed by atoms with Gasteiger partial charge in [0.2, 0.25) is 0 Å². The molecule has 3 aromatic carbocycles. The van der Waals surface area contributed by atoms with Gasteiger partial charge in [0, 0.05) is 39.3 Å². The van der Waals surface area contributed by atoms with Crippen LogP contribution < -0.4 is 0 Å². The molecule has 1 saturated heterocycles. The lowest BCUT2D eigenvalue weighted by atomic mass is 10.1. The molecule has 3 aromatic rings. The summed E-state index contributed by atoms with van der Waals surface area (Å²) in [5.41, 5.74) is 4.65. The lowest BCUT2D eigenvalue weighted by molar-refractivity contribution is 0.0642. The van der Waals surface area contributed by atoms with Crippen LogP contribution in [-0.2, 0) is 19.5 Å². The summed E-state index contributed by atoms with van der Waals surface area (Å²) in [6.45, 7) is 6.81. The zero-order valence-electron chi connectivity index (χ0n) is 18.8. The summed E-state index contributed by atoms with van der Waals surface area (Å²) >= 11 is 0. The van der Waals surface area contributed by atoms with Crippen molar-refractivity contribution in [2.24, 2.45) is 0 Å². The summed E-state index contributed by atoms with van der Waals surface area (Å²) in [5.74, 6) is -0.405. The summed E-state index contributed by atoms with van der Waals surface area (Å²) in [5, 5.41) is 0. The van der Waals surface area contributed by atoms with Crippen molar-refractivity contribution in [1.82, 2.24) is 14.7 Å². The fourth-order valence-corrected chi connectivity index (χ4v) is 4.68. The van der Waals surface area contributed by atoms with E-state index >= 15 is 0 Å². The van der Waals surface area contributed by atoms with Crippen LogP contribution in [0.25, 0.3) is 0 Å². The van der Waals surface area contributed by atoms with Crippen molar-refractivity contribution < 1.29 is 9.59 Å². The smallest absolute Gasteiger partial charge is 0.261 e. The van der Waals surface area contributed by atoms with Crippen LogP contribution in [-0.4, -0.2) is 59.2 Å². The number of amides is 2. The minimum absolute atomic E-state index is 0.203. The lowest BCUT2D eigenvalue weighted by Gasteiger charge is -2.34. The van der Waals surface area contributed by atoms with E-state index in [-0.39, 0.29) is 11.8 Å². The van der Waals surface area contributed by atoms with Crippen molar-refractivity contribution in [2.75, 3.05) is 32.7 Å². The molecule has 33 heavy (non-hydrogen) atoms. The molecule has 5 nitrogen and oxygen atoms in total. The van der Waals surface area contributed by atoms with Gasteiger partial charge in [-0.3, -0.25) is 19.4 Å². The molecule has 0 bridgehead atoms. The number of piperazine rings is 1. The molecule has 0 N–H and O–H groups in total. The molecule has 1 fully saturated rings. The van der Waals surface area contributed by atoms with Crippen LogP contribution in [0.1, 0.15) is 37.4 Å². The summed E-state index contributed by atoms with van der Waals surface area (Å²) in [6.07, 6.45) is 1.01. The second-order valence-electron chi connectivity index (χ2n) is 8.91. The predicted octanol–water partition coefficient (Wildman–Crippen LogP) is 3.84. The molecule has 0 spiro atoms. The third-order valence-electron chi connectivity index (χ3n) is 6.67. The molecule has 2 heterocycles. The Morgan fingerprint density at radius 2 is 1.06 bits per heavy atom. The van der Waals surface area contributed by atoms with Crippen molar-refractivity contribution in [3.05, 3.63) is 107 Å². The van der Waals surface area contributed by atoms with Crippen LogP contribution >= 0.6 is 0 Å². The van der Waals surface area contributed by atoms with Gasteiger partial charge in [0.15, 0.2) is 0 Å². The molecule has 168 valence electrons. The molecule has 5 heteroatoms. The average molecular weight is 440 g/mol. The Balaban J connectivity index is 1.09. The molecule has 0 unspecified atom stereocenters. The molecular formula is C28H29N3O2. The first-order valence-electron chi connectivity index (χ1n) is 11.7. The minimum Gasteiger partial charge on any atom is -0.300 e. The van der Waals surface area contributed by atoms with Crippen LogP contribution in [0.4, 0.5) is 0 Å². The van der Waals surface area contributed by atoms with Gasteiger partial charge in [-0.05, 0) is 35.2 Å². The van der Waals surface area contributed by atoms with E-state index < -0.39 is 0 Å². The first kappa shape index (κ1) is 21.6. The monoisotopic (exact) mass is 439 g/mol. The first-order valence-corrected chi connectivity index (χ1v) is 11.7. The Morgan fingerprint density at radius 1 is 0.545 bits per heavy atom. The molecule has 2 aliphatic heterocycles. The largest absolute Gasteiger partial charge is 0.300 e. The highest BCUT2D eigenvalue weighted by Gasteiger charge is 2.34. The molecule has 0 aromatic heterocycles. The zero-order valence-corrected chi connectivity index (χ0v) is 18.8. The fraction of sp³-hybridized carbons (Fsp3) is 0.286. The highest BCUT2D eigenvalue weighted by Crippen LogP contribution is 2.24. The van der Waals surface area contributed by atoms with E-state index in [0.717, 1.165) is 51.3 Å². The summed E-state index contributed by atoms with van der Waals surface area (Å²) in [7, 11) is 0. The Hall–Kier alpha value is -3.28. The van der Waals surface area contributed by atoms with Gasteiger partial charge in [-0.1, -0.05) is 66.7 Å². The molecule has 0 aliphatic carbocycles. The Kier molecular flexibility index (Phi) is 6.33. The molecule has 5 rings (SSSR count). The van der Waals surface area contributed by atoms with Gasteiger partial charge in [0.25, 0.3) is 11.8 Å². The van der Waals surface area contributed by atoms with Gasteiger partial charge in [0.05, 0.1) is 17.7 Å². The molecule has 2 aliphatic rings. The number of rotatable bonds is 7. The SMILES string of the molecule is O=C1c2ccccc2C(=O)N1Cc1ccc(CCN2CCN(Cc3ccccc3)CC2)cc1. The van der Waals surface area contributed by atoms with E-state index in [0.29, 0.717) is 17.7 Å². The maximum atomic E-state index is 12.6. The minimum atomic E-state index is -0.203. The van der Waals surface area contributed by atoms with Gasteiger partial charge in [-0.15, -0.1) is 0 Å². The number of fused-ring (bicyclic) bond motifs is 1. The van der Waals surface area contributed by atoms with E-state index in [1.54, 1.807) is 24.3 Å². The fourth-order valence-electron chi connectivity index (χ4n) is 4.68. The quantitative estimate of drug-likeness (QED) is 0.525. The van der Waals surface area contributed by atoms with Crippen LogP contribution in [0.15, 0.2) is 78.9 Å². The van der Waals surface area contributed by atoms with Crippen molar-refractivity contribution >= 4 is 11.8 Å². The number of nitrogens with zero attached hydrogens (tertiary/aromatic N) is 3. The zero-order chi connectivity index (χ0) is 22.6. The lowest BCUT2D eigenvalue weighted by Crippen LogP contribution is -2.46. The number of carbonyl (C=O) groups excluding carboxylic acids is 2. The topological polar surface area (TPSA) is 43.9 Å². The number of hydrogen-bond acceptors (Lipinski definition) is 4. The third kappa shape index (κ3) is 4.90. The summed E-state index contributed by atoms with van der Waals surface area (Å²) < 4.78 is 0. The Bertz CT molecular complexity index is 1080. The molecule has 0 saturated carbocycles. The van der Waals surface area contributed by atoms with Crippen LogP contribution in [0, 0.1) is 0 Å². The molecular weight excluding hydrogens is 410 g/mol. The highest BCUT2D eigenvalue weighted by atomic mass is 16.2. The third-order valence-corrected chi connectivity index (χ3v) is 6.67. The van der Waals surface area contributed by atoms with Crippen LogP contribution in [0.5, 0.6) is 0 Å². The van der Waals surface area contributed by atoms with E-state index in [2.05, 4.69) is 52.3 Å². The van der Waals surface area contributed by atoms with E-state index in [9.17, 15) is 9.59 Å². The summed E-state index contributed by atoms with van der Waals surface area (Å²) in [4.78, 5) is 31.6. The van der Waals surface area contributed by atoms with Crippen molar-refractivity contribution in [3.63, 3.8) is 0 Å². The molecule has 0 atom stereocenters. The van der Waals surface area contributed by atoms with Gasteiger partial charge in [-0.25, -0.2) is 0 Å². The van der Waals surface area contributed by atoms with Gasteiger partial charge in [0.1, 0.15) is 0 Å². The van der Waals surface area contributed by atoms with Crippen molar-refractivity contribution in [1.29, 1.82) is 0 Å². The van der Waals surface area contributed by atoms with Crippen LogP contribution in [0.3, 0.4) is 0 Å². The number of carbonyl (C=O) groups is 2. The standard InChI is InChI=1S/C28H29N3O2/c32-27-25-8-4-5-9-26(25)28(33)31(27)21-24-12-10-22(11-13-24)14-15-29-16-18-30(19-17-29)20-23-6-2-1-3-7-23/h1-13H,14-21H2. The molecule has 0 radical (unpaired) electrons. The maximum absolute atomic E-state index is 12.6. The average Bonchev–Trinajstić information content (AvgIpc) is 3.10. The van der Waals surface area contributed by atoms with E-state index in [4.69, 9.17) is 0 Å². The van der Waals surface area contributed by atoms with Crippen molar-refractivity contribution in [3.8, 4) is 0 Å². The second-order valence-corrected chi connectivity index (χ2v) is 8.91. The number of imide groups is 1. The predicted molar refractivity (Wildman–Crippen MR) is 129 cm³/mol. The second kappa shape index (κ2) is 9.69. The van der Waals surface area contributed by atoms with E-state index in [1.807, 2.05) is 12.1 Å². The highest BCUT2D eigenvalue weighted by molar-refractivity contribution is 6.21. The Morgan fingerprint density at radius 3 is 1.70 bits per heavy atom. The number of hydrogen-bond donors (Lipinski definition) is 0. The van der Waals surface area contributed by atoms with Crippen molar-refractivity contribution in [2.45, 2.75) is 19.5 Å². The van der Waals surface area contributed by atoms with E-state index in [1.165, 1.54) is 16.0 Å². The van der Waals surface area contributed by atoms with Gasteiger partial charge in [-0.2, -0.15) is 0 Å². The number of benzene rings is 3. The normalized spacial score (nSPS) is 16.9. The summed E-state index contributed by atoms with van der Waals surface area (Å²) in [6, 6.07) is 26.0. The van der Waals surface area contributed by atoms with Gasteiger partial charge < -0.3 is 4.90 Å². The van der Waals surface area contributed by atoms with Crippen LogP contribution in [0.2, 0.25) is 0 Å². The maximum Gasteiger partial charge on any atom is 0.261 e. The van der Waals surface area contributed by atoms with Gasteiger partial charge >= 0.3 is 0 Å². The first-order chi connectivity index (χ1) is 16.2. The Labute approximate surface area is 195 Å². The molecule has 2 amide bonds.